The lowest BCUT2D eigenvalue weighted by molar-refractivity contribution is 0.0323. The zero-order valence-corrected chi connectivity index (χ0v) is 22.5. The van der Waals surface area contributed by atoms with E-state index >= 15 is 0 Å². The largest absolute Gasteiger partial charge is 0.454 e. The van der Waals surface area contributed by atoms with E-state index in [0.717, 1.165) is 18.4 Å². The van der Waals surface area contributed by atoms with Gasteiger partial charge in [-0.25, -0.2) is 4.79 Å². The summed E-state index contributed by atoms with van der Waals surface area (Å²) in [7, 11) is -1.83. The van der Waals surface area contributed by atoms with E-state index in [1.54, 1.807) is 12.1 Å². The van der Waals surface area contributed by atoms with Gasteiger partial charge in [-0.2, -0.15) is 0 Å². The third-order valence-electron chi connectivity index (χ3n) is 6.70. The number of aryl methyl sites for hydroxylation is 1. The van der Waals surface area contributed by atoms with Crippen LogP contribution in [0.5, 0.6) is 0 Å². The van der Waals surface area contributed by atoms with E-state index in [0.29, 0.717) is 31.4 Å². The Kier molecular flexibility index (Phi) is 10.7. The van der Waals surface area contributed by atoms with Gasteiger partial charge in [0.1, 0.15) is 6.10 Å². The SMILES string of the molecule is C=C(C[C@@H](O)CCc1ccccc1)[C@H](CCCO[Si](C)(C)C(C)(C)C)OC(=O)c1ccccc1. The van der Waals surface area contributed by atoms with Crippen molar-refractivity contribution in [3.63, 3.8) is 0 Å². The first kappa shape index (κ1) is 28.0. The molecule has 0 radical (unpaired) electrons. The van der Waals surface area contributed by atoms with Gasteiger partial charge in [0.15, 0.2) is 8.32 Å². The Bertz CT molecular complexity index is 887. The number of aliphatic hydroxyl groups is 1. The molecule has 0 aromatic heterocycles. The average Bonchev–Trinajstić information content (AvgIpc) is 2.80. The number of carbonyl (C=O) groups is 1. The van der Waals surface area contributed by atoms with Crippen molar-refractivity contribution in [1.82, 2.24) is 0 Å². The Labute approximate surface area is 207 Å². The third kappa shape index (κ3) is 9.20. The second-order valence-corrected chi connectivity index (χ2v) is 15.4. The summed E-state index contributed by atoms with van der Waals surface area (Å²) >= 11 is 0. The number of carbonyl (C=O) groups excluding carboxylic acids is 1. The van der Waals surface area contributed by atoms with Gasteiger partial charge in [-0.3, -0.25) is 0 Å². The van der Waals surface area contributed by atoms with Crippen molar-refractivity contribution in [2.24, 2.45) is 0 Å². The highest BCUT2D eigenvalue weighted by Gasteiger charge is 2.37. The van der Waals surface area contributed by atoms with Crippen molar-refractivity contribution >= 4 is 14.3 Å². The fraction of sp³-hybridized carbons (Fsp3) is 0.483. The summed E-state index contributed by atoms with van der Waals surface area (Å²) < 4.78 is 12.2. The van der Waals surface area contributed by atoms with Gasteiger partial charge in [0, 0.05) is 6.61 Å². The maximum absolute atomic E-state index is 12.7. The molecule has 0 aliphatic rings. The van der Waals surface area contributed by atoms with E-state index in [4.69, 9.17) is 9.16 Å². The first-order valence-electron chi connectivity index (χ1n) is 12.3. The smallest absolute Gasteiger partial charge is 0.338 e. The first-order chi connectivity index (χ1) is 16.0. The molecule has 0 saturated heterocycles. The van der Waals surface area contributed by atoms with Gasteiger partial charge in [-0.1, -0.05) is 75.9 Å². The molecule has 2 aromatic rings. The van der Waals surface area contributed by atoms with Gasteiger partial charge in [0.25, 0.3) is 0 Å². The van der Waals surface area contributed by atoms with E-state index < -0.39 is 20.5 Å². The molecule has 0 amide bonds. The zero-order valence-electron chi connectivity index (χ0n) is 21.5. The maximum Gasteiger partial charge on any atom is 0.338 e. The van der Waals surface area contributed by atoms with Gasteiger partial charge < -0.3 is 14.3 Å². The normalized spacial score (nSPS) is 13.8. The molecule has 0 unspecified atom stereocenters. The van der Waals surface area contributed by atoms with Crippen molar-refractivity contribution in [3.05, 3.63) is 83.9 Å². The Balaban J connectivity index is 1.96. The molecule has 0 saturated carbocycles. The Morgan fingerprint density at radius 3 is 2.18 bits per heavy atom. The second kappa shape index (κ2) is 13.0. The van der Waals surface area contributed by atoms with Crippen LogP contribution in [0.3, 0.4) is 0 Å². The van der Waals surface area contributed by atoms with Gasteiger partial charge in [0.05, 0.1) is 11.7 Å². The van der Waals surface area contributed by atoms with Gasteiger partial charge in [-0.15, -0.1) is 0 Å². The van der Waals surface area contributed by atoms with Crippen molar-refractivity contribution in [2.45, 2.75) is 83.2 Å². The van der Waals surface area contributed by atoms with Crippen LogP contribution >= 0.6 is 0 Å². The van der Waals surface area contributed by atoms with E-state index in [1.807, 2.05) is 36.4 Å². The molecule has 4 nitrogen and oxygen atoms in total. The van der Waals surface area contributed by atoms with Crippen molar-refractivity contribution in [2.75, 3.05) is 6.61 Å². The molecule has 2 rings (SSSR count). The van der Waals surface area contributed by atoms with E-state index in [9.17, 15) is 9.90 Å². The minimum atomic E-state index is -1.83. The molecule has 0 spiro atoms. The highest BCUT2D eigenvalue weighted by Crippen LogP contribution is 2.36. The summed E-state index contributed by atoms with van der Waals surface area (Å²) in [5.41, 5.74) is 2.46. The first-order valence-corrected chi connectivity index (χ1v) is 15.2. The van der Waals surface area contributed by atoms with E-state index in [-0.39, 0.29) is 11.0 Å². The minimum absolute atomic E-state index is 0.151. The number of hydrogen-bond acceptors (Lipinski definition) is 4. The van der Waals surface area contributed by atoms with Crippen LogP contribution in [0.4, 0.5) is 0 Å². The molecule has 1 N–H and O–H groups in total. The van der Waals surface area contributed by atoms with Crippen LogP contribution in [0.1, 0.15) is 62.4 Å². The highest BCUT2D eigenvalue weighted by molar-refractivity contribution is 6.74. The van der Waals surface area contributed by atoms with Crippen molar-refractivity contribution < 1.29 is 19.1 Å². The lowest BCUT2D eigenvalue weighted by atomic mass is 9.97. The summed E-state index contributed by atoms with van der Waals surface area (Å²) in [6.07, 6.45) is 2.23. The lowest BCUT2D eigenvalue weighted by Gasteiger charge is -2.36. The molecule has 2 aromatic carbocycles. The molecule has 34 heavy (non-hydrogen) atoms. The lowest BCUT2D eigenvalue weighted by Crippen LogP contribution is -2.41. The molecular weight excluding hydrogens is 440 g/mol. The minimum Gasteiger partial charge on any atom is -0.454 e. The molecule has 186 valence electrons. The van der Waals surface area contributed by atoms with Crippen LogP contribution in [0.25, 0.3) is 0 Å². The molecule has 2 atom stereocenters. The van der Waals surface area contributed by atoms with Crippen LogP contribution in [0.2, 0.25) is 18.1 Å². The summed E-state index contributed by atoms with van der Waals surface area (Å²) in [5.74, 6) is -0.365. The monoisotopic (exact) mass is 482 g/mol. The van der Waals surface area contributed by atoms with E-state index in [1.165, 1.54) is 5.56 Å². The quantitative estimate of drug-likeness (QED) is 0.145. The molecular formula is C29H42O4Si. The molecule has 0 heterocycles. The predicted octanol–water partition coefficient (Wildman–Crippen LogP) is 6.95. The summed E-state index contributed by atoms with van der Waals surface area (Å²) in [6.45, 7) is 16.0. The van der Waals surface area contributed by atoms with Crippen LogP contribution in [0, 0.1) is 0 Å². The highest BCUT2D eigenvalue weighted by atomic mass is 28.4. The van der Waals surface area contributed by atoms with Crippen molar-refractivity contribution in [3.8, 4) is 0 Å². The zero-order chi connectivity index (χ0) is 25.2. The number of benzene rings is 2. The average molecular weight is 483 g/mol. The Morgan fingerprint density at radius 1 is 1.00 bits per heavy atom. The second-order valence-electron chi connectivity index (χ2n) is 10.6. The number of aliphatic hydroxyl groups excluding tert-OH is 1. The van der Waals surface area contributed by atoms with E-state index in [2.05, 4.69) is 52.6 Å². The van der Waals surface area contributed by atoms with Crippen LogP contribution < -0.4 is 0 Å². The number of ether oxygens (including phenoxy) is 1. The molecule has 0 fully saturated rings. The third-order valence-corrected chi connectivity index (χ3v) is 11.2. The van der Waals surface area contributed by atoms with Crippen molar-refractivity contribution in [1.29, 1.82) is 0 Å². The van der Waals surface area contributed by atoms with Gasteiger partial charge in [0.2, 0.25) is 0 Å². The topological polar surface area (TPSA) is 55.8 Å². The fourth-order valence-corrected chi connectivity index (χ4v) is 4.53. The summed E-state index contributed by atoms with van der Waals surface area (Å²) in [4.78, 5) is 12.7. The van der Waals surface area contributed by atoms with Gasteiger partial charge in [-0.05, 0) is 73.5 Å². The Morgan fingerprint density at radius 2 is 1.59 bits per heavy atom. The molecule has 0 bridgehead atoms. The van der Waals surface area contributed by atoms with Crippen LogP contribution in [-0.2, 0) is 15.6 Å². The summed E-state index contributed by atoms with van der Waals surface area (Å²) in [5, 5.41) is 10.8. The number of esters is 1. The summed E-state index contributed by atoms with van der Waals surface area (Å²) in [6, 6.07) is 19.1. The van der Waals surface area contributed by atoms with Crippen LogP contribution in [0.15, 0.2) is 72.8 Å². The number of rotatable bonds is 13. The number of hydrogen-bond donors (Lipinski definition) is 1. The van der Waals surface area contributed by atoms with Crippen LogP contribution in [-0.4, -0.2) is 38.2 Å². The standard InChI is InChI=1S/C29H42O4Si/c1-23(22-26(30)20-19-24-14-9-7-10-15-24)27(33-28(31)25-16-11-8-12-17-25)18-13-21-32-34(5,6)29(2,3)4/h7-12,14-17,26-27,30H,1,13,18-22H2,2-6H3/t26-,27-/m0/s1. The molecule has 0 aliphatic carbocycles. The predicted molar refractivity (Wildman–Crippen MR) is 143 cm³/mol. The van der Waals surface area contributed by atoms with Gasteiger partial charge >= 0.3 is 5.97 Å². The Hall–Kier alpha value is -2.21. The maximum atomic E-state index is 12.7. The molecule has 5 heteroatoms. The molecule has 0 aliphatic heterocycles. The fourth-order valence-electron chi connectivity index (χ4n) is 3.44.